The lowest BCUT2D eigenvalue weighted by Gasteiger charge is -2.45. The van der Waals surface area contributed by atoms with E-state index in [0.29, 0.717) is 0 Å². The molecule has 2 aromatic carbocycles. The molecule has 14 nitrogen and oxygen atoms in total. The fraction of sp³-hybridized carbons (Fsp3) is 0.684. The first-order valence-electron chi connectivity index (χ1n) is 25.1. The Balaban J connectivity index is 0.000000444. The van der Waals surface area contributed by atoms with Crippen LogP contribution in [0.3, 0.4) is 0 Å². The van der Waals surface area contributed by atoms with Gasteiger partial charge in [-0.2, -0.15) is 0 Å². The van der Waals surface area contributed by atoms with Crippen LogP contribution in [0.25, 0.3) is 0 Å². The molecule has 0 amide bonds. The Kier molecular flexibility index (Phi) is 24.2. The second-order valence-corrected chi connectivity index (χ2v) is 28.1. The van der Waals surface area contributed by atoms with E-state index in [2.05, 4.69) is 66.8 Å². The fourth-order valence-corrected chi connectivity index (χ4v) is 7.63. The number of halogens is 3. The number of alkyl halides is 1. The van der Waals surface area contributed by atoms with Gasteiger partial charge in [0.15, 0.2) is 12.2 Å². The summed E-state index contributed by atoms with van der Waals surface area (Å²) in [5, 5.41) is -0.474. The van der Waals surface area contributed by atoms with Crippen molar-refractivity contribution >= 4 is 83.6 Å². The summed E-state index contributed by atoms with van der Waals surface area (Å²) in [5.74, 6) is -3.22. The van der Waals surface area contributed by atoms with Crippen LogP contribution in [0.4, 0.5) is 0 Å². The molecule has 0 bridgehead atoms. The summed E-state index contributed by atoms with van der Waals surface area (Å²) in [6.45, 7) is 37.1. The highest BCUT2D eigenvalue weighted by atomic mass is 79.9. The maximum absolute atomic E-state index is 13.0. The molecule has 0 aliphatic carbocycles. The number of hydrogen-bond donors (Lipinski definition) is 0. The van der Waals surface area contributed by atoms with Crippen LogP contribution in [-0.4, -0.2) is 90.7 Å². The fourth-order valence-electron chi connectivity index (χ4n) is 6.52. The van der Waals surface area contributed by atoms with Crippen molar-refractivity contribution in [1.29, 1.82) is 0 Å². The highest BCUT2D eigenvalue weighted by molar-refractivity contribution is 9.10. The quantitative estimate of drug-likeness (QED) is 0.132. The van der Waals surface area contributed by atoms with Gasteiger partial charge in [0.25, 0.3) is 0 Å². The molecule has 2 saturated heterocycles. The number of hydrogen-bond acceptors (Lipinski definition) is 14. The van der Waals surface area contributed by atoms with Crippen molar-refractivity contribution in [3.63, 3.8) is 0 Å². The third-order valence-corrected chi connectivity index (χ3v) is 13.7. The van der Waals surface area contributed by atoms with E-state index < -0.39 is 116 Å². The standard InChI is InChI=1S/C28H41BrO7.C22H37BrO7.C7H7Br/c1-16-20(17-11-13-18(29)14-12-17)34-19(15-33-23(30)26(2,3)4)22(36-25(32)28(8,9)10)21(16)35-24(31)27(5,6)7;1-12-14(29-18(25)21(5,6)7)15(30-19(26)22(8,9)10)13(28-16(12)23)11-27-17(24)20(2,3)4;1-6-2-4-7(8)5-3-6/h11-14,16,19-22H,15H2,1-10H3;12-16H,11H2,1-10H3;2-5H,1H3/t16-,19-,20+,21-,22-;12-,13+,14+,15+,16-;/m10./s1. The Hall–Kier alpha value is -3.38. The van der Waals surface area contributed by atoms with Crippen molar-refractivity contribution in [1.82, 2.24) is 0 Å². The van der Waals surface area contributed by atoms with Crippen LogP contribution in [0.15, 0.2) is 57.5 Å². The van der Waals surface area contributed by atoms with E-state index in [1.807, 2.05) is 50.2 Å². The number of ether oxygens (including phenoxy) is 8. The van der Waals surface area contributed by atoms with Crippen molar-refractivity contribution < 1.29 is 66.7 Å². The number of benzene rings is 2. The van der Waals surface area contributed by atoms with Crippen LogP contribution in [0.1, 0.15) is 156 Å². The average molecular weight is 1230 g/mol. The van der Waals surface area contributed by atoms with Crippen LogP contribution >= 0.6 is 47.8 Å². The van der Waals surface area contributed by atoms with E-state index in [-0.39, 0.29) is 25.0 Å². The van der Waals surface area contributed by atoms with Crippen molar-refractivity contribution in [2.45, 2.75) is 193 Å². The summed E-state index contributed by atoms with van der Waals surface area (Å²) in [6.07, 6.45) is -5.58. The minimum atomic E-state index is -0.961. The van der Waals surface area contributed by atoms with Gasteiger partial charge in [-0.1, -0.05) is 91.5 Å². The van der Waals surface area contributed by atoms with Crippen LogP contribution < -0.4 is 0 Å². The molecule has 2 aliphatic heterocycles. The zero-order valence-corrected chi connectivity index (χ0v) is 52.4. The van der Waals surface area contributed by atoms with Gasteiger partial charge >= 0.3 is 35.8 Å². The van der Waals surface area contributed by atoms with Gasteiger partial charge in [-0.05, 0) is 161 Å². The SMILES string of the molecule is C[C@H]1[C@@H](OC(=O)C(C)(C)C)[C@H](OC(=O)C(C)(C)C)[C@@H](COC(=O)C(C)(C)C)O[C@@H]1Br.C[C@H]1[C@@H](OC(=O)C(C)(C)C)[C@H](OC(=O)C(C)(C)C)[C@@H](COC(=O)C(C)(C)C)O[C@@H]1c1ccc(Br)cc1.Cc1ccc(Br)cc1. The number of carbonyl (C=O) groups is 6. The second kappa shape index (κ2) is 26.8. The summed E-state index contributed by atoms with van der Waals surface area (Å²) in [7, 11) is 0. The van der Waals surface area contributed by atoms with E-state index in [1.54, 1.807) is 125 Å². The molecule has 10 atom stereocenters. The van der Waals surface area contributed by atoms with Gasteiger partial charge in [0, 0.05) is 20.8 Å². The highest BCUT2D eigenvalue weighted by Gasteiger charge is 2.52. The minimum Gasteiger partial charge on any atom is -0.462 e. The Morgan fingerprint density at radius 3 is 1.03 bits per heavy atom. The average Bonchev–Trinajstić information content (AvgIpc) is 3.25. The molecule has 418 valence electrons. The monoisotopic (exact) mass is 1230 g/mol. The molecule has 0 saturated carbocycles. The maximum atomic E-state index is 13.0. The van der Waals surface area contributed by atoms with E-state index >= 15 is 0 Å². The molecular weight excluding hydrogens is 1150 g/mol. The van der Waals surface area contributed by atoms with Crippen molar-refractivity contribution in [3.8, 4) is 0 Å². The third kappa shape index (κ3) is 20.9. The zero-order valence-electron chi connectivity index (χ0n) is 47.7. The lowest BCUT2D eigenvalue weighted by Crippen LogP contribution is -2.58. The van der Waals surface area contributed by atoms with Crippen LogP contribution in [-0.2, 0) is 66.7 Å². The van der Waals surface area contributed by atoms with Gasteiger partial charge in [-0.15, -0.1) is 0 Å². The predicted octanol–water partition coefficient (Wildman–Crippen LogP) is 13.0. The summed E-state index contributed by atoms with van der Waals surface area (Å²) < 4.78 is 49.0. The maximum Gasteiger partial charge on any atom is 0.311 e. The number of rotatable bonds is 9. The normalized spacial score (nSPS) is 24.5. The van der Waals surface area contributed by atoms with Gasteiger partial charge in [0.05, 0.1) is 38.6 Å². The smallest absolute Gasteiger partial charge is 0.311 e. The molecule has 74 heavy (non-hydrogen) atoms. The minimum absolute atomic E-state index is 0.128. The molecular formula is C57H85Br3O14. The Labute approximate surface area is 466 Å². The lowest BCUT2D eigenvalue weighted by atomic mass is 9.84. The molecule has 2 aliphatic rings. The molecule has 2 heterocycles. The summed E-state index contributed by atoms with van der Waals surface area (Å²) >= 11 is 10.3. The molecule has 0 aromatic heterocycles. The van der Waals surface area contributed by atoms with E-state index in [0.717, 1.165) is 14.5 Å². The molecule has 0 spiro atoms. The number of esters is 6. The summed E-state index contributed by atoms with van der Waals surface area (Å²) in [6, 6.07) is 15.9. The number of aryl methyl sites for hydroxylation is 1. The second-order valence-electron chi connectivity index (χ2n) is 25.4. The van der Waals surface area contributed by atoms with E-state index in [1.165, 1.54) is 5.56 Å². The predicted molar refractivity (Wildman–Crippen MR) is 295 cm³/mol. The lowest BCUT2D eigenvalue weighted by molar-refractivity contribution is -0.240. The first kappa shape index (κ1) is 66.7. The first-order chi connectivity index (χ1) is 33.5. The molecule has 17 heteroatoms. The Bertz CT molecular complexity index is 2160. The van der Waals surface area contributed by atoms with Gasteiger partial charge < -0.3 is 37.9 Å². The van der Waals surface area contributed by atoms with E-state index in [4.69, 9.17) is 37.9 Å². The zero-order chi connectivity index (χ0) is 57.3. The largest absolute Gasteiger partial charge is 0.462 e. The van der Waals surface area contributed by atoms with Crippen LogP contribution in [0.5, 0.6) is 0 Å². The highest BCUT2D eigenvalue weighted by Crippen LogP contribution is 2.42. The molecule has 2 fully saturated rings. The Morgan fingerprint density at radius 2 is 0.716 bits per heavy atom. The van der Waals surface area contributed by atoms with Crippen LogP contribution in [0, 0.1) is 51.2 Å². The molecule has 2 aromatic rings. The van der Waals surface area contributed by atoms with Crippen molar-refractivity contribution in [2.75, 3.05) is 13.2 Å². The molecule has 0 radical (unpaired) electrons. The van der Waals surface area contributed by atoms with Gasteiger partial charge in [-0.3, -0.25) is 28.8 Å². The molecule has 0 unspecified atom stereocenters. The van der Waals surface area contributed by atoms with Gasteiger partial charge in [0.1, 0.15) is 42.6 Å². The van der Waals surface area contributed by atoms with E-state index in [9.17, 15) is 28.8 Å². The van der Waals surface area contributed by atoms with Crippen molar-refractivity contribution in [3.05, 3.63) is 68.6 Å². The third-order valence-electron chi connectivity index (χ3n) is 11.5. The first-order valence-corrected chi connectivity index (χ1v) is 27.6. The Morgan fingerprint density at radius 1 is 0.432 bits per heavy atom. The summed E-state index contributed by atoms with van der Waals surface area (Å²) in [5.41, 5.74) is -2.29. The van der Waals surface area contributed by atoms with Crippen LogP contribution in [0.2, 0.25) is 0 Å². The van der Waals surface area contributed by atoms with Gasteiger partial charge in [0.2, 0.25) is 0 Å². The van der Waals surface area contributed by atoms with Crippen molar-refractivity contribution in [2.24, 2.45) is 44.3 Å². The summed E-state index contributed by atoms with van der Waals surface area (Å²) in [4.78, 5) is 76.1. The molecule has 0 N–H and O–H groups in total. The van der Waals surface area contributed by atoms with Gasteiger partial charge in [-0.25, -0.2) is 0 Å². The molecule has 4 rings (SSSR count). The number of carbonyl (C=O) groups excluding carboxylic acids is 6. The topological polar surface area (TPSA) is 176 Å².